The molecule has 3 aromatic carbocycles. The van der Waals surface area contributed by atoms with Gasteiger partial charge in [-0.1, -0.05) is 48.0 Å². The van der Waals surface area contributed by atoms with Gasteiger partial charge in [-0.25, -0.2) is 14.0 Å². The lowest BCUT2D eigenvalue weighted by atomic mass is 10.2. The van der Waals surface area contributed by atoms with Gasteiger partial charge in [-0.15, -0.1) is 0 Å². The van der Waals surface area contributed by atoms with Crippen LogP contribution in [0.3, 0.4) is 0 Å². The fourth-order valence-corrected chi connectivity index (χ4v) is 3.20. The minimum absolute atomic E-state index is 0.287. The smallest absolute Gasteiger partial charge is 0.326 e. The van der Waals surface area contributed by atoms with Crippen LogP contribution in [0.25, 0.3) is 0 Å². The molecule has 0 unspecified atom stereocenters. The summed E-state index contributed by atoms with van der Waals surface area (Å²) in [5, 5.41) is 8.86. The molecule has 3 aromatic rings. The summed E-state index contributed by atoms with van der Waals surface area (Å²) in [5.74, 6) is -0.388. The zero-order valence-corrected chi connectivity index (χ0v) is 18.1. The number of urea groups is 2. The molecular formula is C24H24ClFN4O2. The van der Waals surface area contributed by atoms with Gasteiger partial charge in [-0.2, -0.15) is 0 Å². The third kappa shape index (κ3) is 7.28. The van der Waals surface area contributed by atoms with Crippen molar-refractivity contribution in [2.75, 3.05) is 23.3 Å². The average Bonchev–Trinajstić information content (AvgIpc) is 2.79. The van der Waals surface area contributed by atoms with Crippen molar-refractivity contribution in [3.63, 3.8) is 0 Å². The molecule has 0 aliphatic carbocycles. The standard InChI is InChI=1S/C24H24ClFN4O2/c25-19-8-4-9-21(16-19)29-24(32)30(22-12-10-20(26)11-13-22)15-5-14-27-23(31)28-17-18-6-2-1-3-7-18/h1-4,6-13,16H,5,14-15,17H2,(H,29,32)(H2,27,28,31). The number of rotatable bonds is 8. The van der Waals surface area contributed by atoms with E-state index in [-0.39, 0.29) is 17.9 Å². The maximum Gasteiger partial charge on any atom is 0.326 e. The largest absolute Gasteiger partial charge is 0.338 e. The topological polar surface area (TPSA) is 73.5 Å². The maximum absolute atomic E-state index is 13.3. The van der Waals surface area contributed by atoms with E-state index in [4.69, 9.17) is 11.6 Å². The second-order valence-electron chi connectivity index (χ2n) is 7.02. The van der Waals surface area contributed by atoms with Crippen molar-refractivity contribution in [3.05, 3.63) is 95.3 Å². The minimum Gasteiger partial charge on any atom is -0.338 e. The highest BCUT2D eigenvalue weighted by Crippen LogP contribution is 2.19. The molecule has 0 heterocycles. The molecule has 0 radical (unpaired) electrons. The molecule has 32 heavy (non-hydrogen) atoms. The van der Waals surface area contributed by atoms with Crippen molar-refractivity contribution < 1.29 is 14.0 Å². The van der Waals surface area contributed by atoms with E-state index in [1.165, 1.54) is 29.2 Å². The molecule has 8 heteroatoms. The zero-order chi connectivity index (χ0) is 22.8. The molecular weight excluding hydrogens is 431 g/mol. The first-order valence-electron chi connectivity index (χ1n) is 10.2. The van der Waals surface area contributed by atoms with Crippen LogP contribution in [0.15, 0.2) is 78.9 Å². The normalized spacial score (nSPS) is 10.3. The molecule has 0 saturated heterocycles. The third-order valence-electron chi connectivity index (χ3n) is 4.60. The number of halogens is 2. The first-order valence-corrected chi connectivity index (χ1v) is 10.5. The molecule has 3 N–H and O–H groups in total. The molecule has 0 saturated carbocycles. The molecule has 0 spiro atoms. The summed E-state index contributed by atoms with van der Waals surface area (Å²) in [6, 6.07) is 21.4. The predicted octanol–water partition coefficient (Wildman–Crippen LogP) is 5.41. The van der Waals surface area contributed by atoms with Crippen LogP contribution < -0.4 is 20.9 Å². The van der Waals surface area contributed by atoms with Gasteiger partial charge in [-0.05, 0) is 54.4 Å². The lowest BCUT2D eigenvalue weighted by molar-refractivity contribution is 0.240. The van der Waals surface area contributed by atoms with Crippen LogP contribution in [-0.2, 0) is 6.54 Å². The molecule has 0 aliphatic heterocycles. The van der Waals surface area contributed by atoms with Crippen LogP contribution >= 0.6 is 11.6 Å². The first kappa shape index (κ1) is 23.1. The van der Waals surface area contributed by atoms with Crippen molar-refractivity contribution in [2.45, 2.75) is 13.0 Å². The number of carbonyl (C=O) groups is 2. The van der Waals surface area contributed by atoms with E-state index in [0.717, 1.165) is 5.56 Å². The van der Waals surface area contributed by atoms with Crippen molar-refractivity contribution in [3.8, 4) is 0 Å². The number of amides is 4. The SMILES string of the molecule is O=C(NCCCN(C(=O)Nc1cccc(Cl)c1)c1ccc(F)cc1)NCc1ccccc1. The Kier molecular flexibility index (Phi) is 8.45. The van der Waals surface area contributed by atoms with Crippen LogP contribution in [0.5, 0.6) is 0 Å². The number of hydrogen-bond donors (Lipinski definition) is 3. The quantitative estimate of drug-likeness (QED) is 0.398. The summed E-state index contributed by atoms with van der Waals surface area (Å²) >= 11 is 5.99. The van der Waals surface area contributed by atoms with Gasteiger partial charge in [-0.3, -0.25) is 4.90 Å². The fraction of sp³-hybridized carbons (Fsp3) is 0.167. The van der Waals surface area contributed by atoms with Gasteiger partial charge in [0, 0.05) is 36.0 Å². The van der Waals surface area contributed by atoms with Crippen molar-refractivity contribution in [2.24, 2.45) is 0 Å². The molecule has 0 bridgehead atoms. The highest BCUT2D eigenvalue weighted by atomic mass is 35.5. The van der Waals surface area contributed by atoms with Gasteiger partial charge >= 0.3 is 12.1 Å². The van der Waals surface area contributed by atoms with Gasteiger partial charge < -0.3 is 16.0 Å². The number of hydrogen-bond acceptors (Lipinski definition) is 2. The van der Waals surface area contributed by atoms with Crippen LogP contribution in [0.4, 0.5) is 25.4 Å². The third-order valence-corrected chi connectivity index (χ3v) is 4.83. The van der Waals surface area contributed by atoms with Crippen LogP contribution in [-0.4, -0.2) is 25.2 Å². The maximum atomic E-state index is 13.3. The van der Waals surface area contributed by atoms with E-state index in [1.807, 2.05) is 30.3 Å². The summed E-state index contributed by atoms with van der Waals surface area (Å²) in [5.41, 5.74) is 2.09. The van der Waals surface area contributed by atoms with E-state index in [0.29, 0.717) is 42.5 Å². The van der Waals surface area contributed by atoms with Gasteiger partial charge in [0.25, 0.3) is 0 Å². The monoisotopic (exact) mass is 454 g/mol. The average molecular weight is 455 g/mol. The number of nitrogens with one attached hydrogen (secondary N) is 3. The summed E-state index contributed by atoms with van der Waals surface area (Å²) in [4.78, 5) is 26.4. The Balaban J connectivity index is 1.53. The summed E-state index contributed by atoms with van der Waals surface area (Å²) in [6.45, 7) is 1.11. The predicted molar refractivity (Wildman–Crippen MR) is 126 cm³/mol. The van der Waals surface area contributed by atoms with Crippen LogP contribution in [0, 0.1) is 5.82 Å². The van der Waals surface area contributed by atoms with E-state index in [2.05, 4.69) is 16.0 Å². The highest BCUT2D eigenvalue weighted by molar-refractivity contribution is 6.30. The molecule has 6 nitrogen and oxygen atoms in total. The van der Waals surface area contributed by atoms with Gasteiger partial charge in [0.2, 0.25) is 0 Å². The van der Waals surface area contributed by atoms with Gasteiger partial charge in [0.05, 0.1) is 0 Å². The Hall–Kier alpha value is -3.58. The van der Waals surface area contributed by atoms with Crippen molar-refractivity contribution in [1.82, 2.24) is 10.6 Å². The van der Waals surface area contributed by atoms with Crippen LogP contribution in [0.2, 0.25) is 5.02 Å². The molecule has 0 atom stereocenters. The molecule has 0 fully saturated rings. The lowest BCUT2D eigenvalue weighted by Gasteiger charge is -2.23. The number of carbonyl (C=O) groups excluding carboxylic acids is 2. The minimum atomic E-state index is -0.388. The Morgan fingerprint density at radius 2 is 1.66 bits per heavy atom. The summed E-state index contributed by atoms with van der Waals surface area (Å²) in [6.07, 6.45) is 0.499. The van der Waals surface area contributed by atoms with E-state index < -0.39 is 0 Å². The fourth-order valence-electron chi connectivity index (χ4n) is 3.01. The van der Waals surface area contributed by atoms with E-state index in [9.17, 15) is 14.0 Å². The zero-order valence-electron chi connectivity index (χ0n) is 17.4. The number of benzene rings is 3. The Morgan fingerprint density at radius 3 is 2.38 bits per heavy atom. The lowest BCUT2D eigenvalue weighted by Crippen LogP contribution is -2.39. The van der Waals surface area contributed by atoms with Gasteiger partial charge in [0.15, 0.2) is 0 Å². The second-order valence-corrected chi connectivity index (χ2v) is 7.45. The number of nitrogens with zero attached hydrogens (tertiary/aromatic N) is 1. The summed E-state index contributed by atoms with van der Waals surface area (Å²) < 4.78 is 13.3. The van der Waals surface area contributed by atoms with E-state index in [1.54, 1.807) is 24.3 Å². The molecule has 166 valence electrons. The molecule has 0 aromatic heterocycles. The number of anilines is 2. The van der Waals surface area contributed by atoms with E-state index >= 15 is 0 Å². The second kappa shape index (κ2) is 11.7. The van der Waals surface area contributed by atoms with Crippen molar-refractivity contribution in [1.29, 1.82) is 0 Å². The molecule has 4 amide bonds. The molecule has 3 rings (SSSR count). The first-order chi connectivity index (χ1) is 15.5. The molecule has 0 aliphatic rings. The Morgan fingerprint density at radius 1 is 0.906 bits per heavy atom. The van der Waals surface area contributed by atoms with Crippen molar-refractivity contribution >= 4 is 35.0 Å². The Labute approximate surface area is 191 Å². The Bertz CT molecular complexity index is 1030. The van der Waals surface area contributed by atoms with Gasteiger partial charge in [0.1, 0.15) is 5.82 Å². The summed E-state index contributed by atoms with van der Waals surface area (Å²) in [7, 11) is 0. The highest BCUT2D eigenvalue weighted by Gasteiger charge is 2.16. The van der Waals surface area contributed by atoms with Crippen LogP contribution in [0.1, 0.15) is 12.0 Å².